The van der Waals surface area contributed by atoms with E-state index in [1.54, 1.807) is 39.4 Å². The zero-order valence-corrected chi connectivity index (χ0v) is 18.9. The van der Waals surface area contributed by atoms with Crippen LogP contribution in [0, 0.1) is 0 Å². The number of aromatic amines is 1. The quantitative estimate of drug-likeness (QED) is 0.554. The van der Waals surface area contributed by atoms with Gasteiger partial charge in [0.2, 0.25) is 5.91 Å². The highest BCUT2D eigenvalue weighted by Gasteiger charge is 2.25. The van der Waals surface area contributed by atoms with Crippen molar-refractivity contribution in [2.24, 2.45) is 0 Å². The molecule has 0 aromatic carbocycles. The molecule has 1 aliphatic rings. The van der Waals surface area contributed by atoms with Gasteiger partial charge >= 0.3 is 6.09 Å². The Bertz CT molecular complexity index is 926. The molecule has 2 amide bonds. The van der Waals surface area contributed by atoms with Gasteiger partial charge in [0, 0.05) is 26.2 Å². The van der Waals surface area contributed by atoms with E-state index in [-0.39, 0.29) is 12.0 Å². The Kier molecular flexibility index (Phi) is 6.76. The van der Waals surface area contributed by atoms with Gasteiger partial charge in [-0.15, -0.1) is 22.7 Å². The summed E-state index contributed by atoms with van der Waals surface area (Å²) in [6.45, 7) is 4.20. The molecule has 30 heavy (non-hydrogen) atoms. The number of nitrogens with zero attached hydrogens (tertiary/aromatic N) is 3. The Hall–Kier alpha value is -2.30. The molecule has 1 fully saturated rings. The molecule has 158 valence electrons. The van der Waals surface area contributed by atoms with E-state index in [1.165, 1.54) is 11.8 Å². The van der Waals surface area contributed by atoms with Gasteiger partial charge in [0.15, 0.2) is 5.16 Å². The number of carbonyl (C=O) groups excluding carboxylic acids is 2. The number of hydrogen-bond acceptors (Lipinski definition) is 7. The lowest BCUT2D eigenvalue weighted by atomic mass is 10.2. The summed E-state index contributed by atoms with van der Waals surface area (Å²) in [6.07, 6.45) is -0.309. The molecule has 0 unspecified atom stereocenters. The van der Waals surface area contributed by atoms with E-state index in [1.807, 2.05) is 22.9 Å². The molecule has 3 aromatic heterocycles. The Labute approximate surface area is 187 Å². The lowest BCUT2D eigenvalue weighted by Gasteiger charge is -2.33. The van der Waals surface area contributed by atoms with Gasteiger partial charge in [-0.05, 0) is 29.8 Å². The third-order valence-corrected chi connectivity index (χ3v) is 7.32. The third kappa shape index (κ3) is 4.71. The van der Waals surface area contributed by atoms with Crippen LogP contribution in [0.1, 0.15) is 6.92 Å². The first-order chi connectivity index (χ1) is 14.7. The Balaban J connectivity index is 1.38. The second-order valence-electron chi connectivity index (χ2n) is 6.58. The van der Waals surface area contributed by atoms with Crippen molar-refractivity contribution in [3.05, 3.63) is 35.0 Å². The van der Waals surface area contributed by atoms with Crippen LogP contribution in [0.3, 0.4) is 0 Å². The molecule has 1 N–H and O–H groups in total. The van der Waals surface area contributed by atoms with Crippen LogP contribution in [0.2, 0.25) is 0 Å². The van der Waals surface area contributed by atoms with E-state index in [0.29, 0.717) is 38.5 Å². The van der Waals surface area contributed by atoms with E-state index in [4.69, 9.17) is 9.72 Å². The molecule has 0 spiro atoms. The highest BCUT2D eigenvalue weighted by Crippen LogP contribution is 2.36. The maximum Gasteiger partial charge on any atom is 0.409 e. The van der Waals surface area contributed by atoms with Gasteiger partial charge in [-0.1, -0.05) is 23.9 Å². The van der Waals surface area contributed by atoms with E-state index < -0.39 is 0 Å². The highest BCUT2D eigenvalue weighted by atomic mass is 32.2. The smallest absolute Gasteiger partial charge is 0.409 e. The lowest BCUT2D eigenvalue weighted by molar-refractivity contribution is -0.129. The fourth-order valence-corrected chi connectivity index (χ4v) is 5.40. The average molecular weight is 463 g/mol. The molecular formula is C20H22N4O3S3. The third-order valence-electron chi connectivity index (χ3n) is 4.69. The van der Waals surface area contributed by atoms with Crippen molar-refractivity contribution in [1.29, 1.82) is 0 Å². The predicted octanol–water partition coefficient (Wildman–Crippen LogP) is 4.26. The number of thioether (sulfide) groups is 1. The summed E-state index contributed by atoms with van der Waals surface area (Å²) in [5, 5.41) is 4.81. The van der Waals surface area contributed by atoms with Gasteiger partial charge in [0.1, 0.15) is 5.69 Å². The first kappa shape index (κ1) is 21.0. The topological polar surface area (TPSA) is 78.5 Å². The molecule has 1 aliphatic heterocycles. The number of imidazole rings is 1. The number of rotatable bonds is 6. The minimum atomic E-state index is -0.309. The molecule has 0 atom stereocenters. The fraction of sp³-hybridized carbons (Fsp3) is 0.350. The maximum absolute atomic E-state index is 12.7. The monoisotopic (exact) mass is 462 g/mol. The first-order valence-corrected chi connectivity index (χ1v) is 12.4. The molecular weight excluding hydrogens is 440 g/mol. The van der Waals surface area contributed by atoms with Crippen molar-refractivity contribution in [3.63, 3.8) is 0 Å². The molecule has 10 heteroatoms. The molecule has 0 bridgehead atoms. The molecule has 0 radical (unpaired) electrons. The first-order valence-electron chi connectivity index (χ1n) is 9.65. The number of H-pyrrole nitrogens is 1. The molecule has 4 heterocycles. The molecule has 3 aromatic rings. The number of carbonyl (C=O) groups is 2. The summed E-state index contributed by atoms with van der Waals surface area (Å²) in [6, 6.07) is 8.16. The summed E-state index contributed by atoms with van der Waals surface area (Å²) in [7, 11) is 0. The second-order valence-corrected chi connectivity index (χ2v) is 9.44. The molecule has 0 saturated carbocycles. The van der Waals surface area contributed by atoms with Crippen LogP contribution in [-0.2, 0) is 9.53 Å². The van der Waals surface area contributed by atoms with Crippen molar-refractivity contribution in [2.45, 2.75) is 12.1 Å². The fourth-order valence-electron chi connectivity index (χ4n) is 3.19. The summed E-state index contributed by atoms with van der Waals surface area (Å²) < 4.78 is 5.03. The van der Waals surface area contributed by atoms with Crippen LogP contribution in [0.15, 0.2) is 40.2 Å². The van der Waals surface area contributed by atoms with E-state index in [0.717, 1.165) is 26.3 Å². The number of aromatic nitrogens is 2. The van der Waals surface area contributed by atoms with Crippen LogP contribution in [0.5, 0.6) is 0 Å². The second kappa shape index (κ2) is 9.67. The summed E-state index contributed by atoms with van der Waals surface area (Å²) in [5.41, 5.74) is 1.91. The zero-order valence-electron chi connectivity index (χ0n) is 16.5. The average Bonchev–Trinajstić information content (AvgIpc) is 3.53. The SMILES string of the molecule is CCOC(=O)N1CCN(C(=O)CSc2nc(-c3cccs3)c(-c3cccs3)[nH]2)CC1. The van der Waals surface area contributed by atoms with Crippen LogP contribution in [0.4, 0.5) is 4.79 Å². The minimum Gasteiger partial charge on any atom is -0.450 e. The Morgan fingerprint density at radius 2 is 1.77 bits per heavy atom. The van der Waals surface area contributed by atoms with Crippen molar-refractivity contribution in [1.82, 2.24) is 19.8 Å². The number of ether oxygens (including phenoxy) is 1. The van der Waals surface area contributed by atoms with E-state index >= 15 is 0 Å². The molecule has 0 aliphatic carbocycles. The number of nitrogens with one attached hydrogen (secondary N) is 1. The van der Waals surface area contributed by atoms with Crippen LogP contribution in [0.25, 0.3) is 21.1 Å². The van der Waals surface area contributed by atoms with Gasteiger partial charge in [-0.2, -0.15) is 0 Å². The largest absolute Gasteiger partial charge is 0.450 e. The van der Waals surface area contributed by atoms with Crippen molar-refractivity contribution >= 4 is 46.4 Å². The highest BCUT2D eigenvalue weighted by molar-refractivity contribution is 7.99. The molecule has 1 saturated heterocycles. The number of hydrogen-bond donors (Lipinski definition) is 1. The minimum absolute atomic E-state index is 0.0512. The van der Waals surface area contributed by atoms with Gasteiger partial charge in [0.05, 0.1) is 27.8 Å². The van der Waals surface area contributed by atoms with Crippen molar-refractivity contribution < 1.29 is 14.3 Å². The summed E-state index contributed by atoms with van der Waals surface area (Å²) in [5.74, 6) is 0.357. The van der Waals surface area contributed by atoms with Gasteiger partial charge < -0.3 is 19.5 Å². The van der Waals surface area contributed by atoms with Gasteiger partial charge in [-0.3, -0.25) is 4.79 Å². The number of amides is 2. The summed E-state index contributed by atoms with van der Waals surface area (Å²) in [4.78, 5) is 38.3. The van der Waals surface area contributed by atoms with Crippen molar-refractivity contribution in [2.75, 3.05) is 38.5 Å². The van der Waals surface area contributed by atoms with E-state index in [9.17, 15) is 9.59 Å². The predicted molar refractivity (Wildman–Crippen MR) is 121 cm³/mol. The standard InChI is InChI=1S/C20H22N4O3S3/c1-2-27-20(26)24-9-7-23(8-10-24)16(25)13-30-19-21-17(14-5-3-11-28-14)18(22-19)15-6-4-12-29-15/h3-6,11-12H,2,7-10,13H2,1H3,(H,21,22). The van der Waals surface area contributed by atoms with Gasteiger partial charge in [0.25, 0.3) is 0 Å². The Morgan fingerprint density at radius 3 is 2.40 bits per heavy atom. The van der Waals surface area contributed by atoms with Crippen LogP contribution in [-0.4, -0.2) is 70.3 Å². The Morgan fingerprint density at radius 1 is 1.10 bits per heavy atom. The zero-order chi connectivity index (χ0) is 20.9. The molecule has 7 nitrogen and oxygen atoms in total. The van der Waals surface area contributed by atoms with Crippen LogP contribution < -0.4 is 0 Å². The van der Waals surface area contributed by atoms with E-state index in [2.05, 4.69) is 17.1 Å². The molecule has 4 rings (SSSR count). The number of thiophene rings is 2. The summed E-state index contributed by atoms with van der Waals surface area (Å²) >= 11 is 4.72. The normalized spacial score (nSPS) is 14.2. The maximum atomic E-state index is 12.7. The van der Waals surface area contributed by atoms with Crippen molar-refractivity contribution in [3.8, 4) is 21.1 Å². The number of piperazine rings is 1. The lowest BCUT2D eigenvalue weighted by Crippen LogP contribution is -2.51. The van der Waals surface area contributed by atoms with Gasteiger partial charge in [-0.25, -0.2) is 9.78 Å². The van der Waals surface area contributed by atoms with Crippen LogP contribution >= 0.6 is 34.4 Å².